The van der Waals surface area contributed by atoms with Gasteiger partial charge in [-0.2, -0.15) is 0 Å². The van der Waals surface area contributed by atoms with Crippen LogP contribution in [0.15, 0.2) is 44.4 Å². The summed E-state index contributed by atoms with van der Waals surface area (Å²) in [6, 6.07) is 7.20. The number of methoxy groups -OCH3 is 1. The lowest BCUT2D eigenvalue weighted by Gasteiger charge is -2.13. The van der Waals surface area contributed by atoms with E-state index in [4.69, 9.17) is 20.8 Å². The Balaban J connectivity index is 2.04. The zero-order chi connectivity index (χ0) is 17.5. The Morgan fingerprint density at radius 1 is 1.25 bits per heavy atom. The van der Waals surface area contributed by atoms with Crippen LogP contribution in [0.25, 0.3) is 11.1 Å². The number of aromatic amines is 1. The predicted molar refractivity (Wildman–Crippen MR) is 90.4 cm³/mol. The van der Waals surface area contributed by atoms with Crippen LogP contribution in [0, 0.1) is 6.92 Å². The number of benzene rings is 2. The van der Waals surface area contributed by atoms with Gasteiger partial charge in [-0.1, -0.05) is 11.6 Å². The molecule has 7 nitrogen and oxygen atoms in total. The van der Waals surface area contributed by atoms with E-state index in [1.165, 1.54) is 31.4 Å². The number of rotatable bonds is 4. The first-order valence-corrected chi connectivity index (χ1v) is 8.66. The molecule has 0 unspecified atom stereocenters. The third-order valence-electron chi connectivity index (χ3n) is 3.43. The average Bonchev–Trinajstić information content (AvgIpc) is 2.89. The number of halogens is 1. The molecule has 0 saturated carbocycles. The van der Waals surface area contributed by atoms with Crippen LogP contribution in [0.5, 0.6) is 5.75 Å². The molecule has 0 aliphatic heterocycles. The van der Waals surface area contributed by atoms with Crippen LogP contribution in [0.3, 0.4) is 0 Å². The highest BCUT2D eigenvalue weighted by atomic mass is 35.5. The van der Waals surface area contributed by atoms with Gasteiger partial charge in [0.25, 0.3) is 10.0 Å². The number of aromatic nitrogens is 1. The van der Waals surface area contributed by atoms with E-state index in [0.29, 0.717) is 21.9 Å². The first kappa shape index (κ1) is 16.4. The predicted octanol–water partition coefficient (Wildman–Crippen LogP) is 2.89. The molecule has 0 aliphatic carbocycles. The lowest BCUT2D eigenvalue weighted by Crippen LogP contribution is -2.13. The van der Waals surface area contributed by atoms with E-state index >= 15 is 0 Å². The summed E-state index contributed by atoms with van der Waals surface area (Å²) >= 11 is 6.02. The van der Waals surface area contributed by atoms with Gasteiger partial charge in [0.05, 0.1) is 23.2 Å². The summed E-state index contributed by atoms with van der Waals surface area (Å²) < 4.78 is 37.7. The number of sulfonamides is 1. The van der Waals surface area contributed by atoms with Crippen LogP contribution in [0.4, 0.5) is 5.69 Å². The lowest BCUT2D eigenvalue weighted by molar-refractivity contribution is 0.417. The van der Waals surface area contributed by atoms with E-state index in [9.17, 15) is 13.2 Å². The molecule has 1 aromatic heterocycles. The van der Waals surface area contributed by atoms with Crippen LogP contribution in [-0.4, -0.2) is 20.5 Å². The fourth-order valence-corrected chi connectivity index (χ4v) is 3.44. The van der Waals surface area contributed by atoms with Crippen molar-refractivity contribution in [3.8, 4) is 5.75 Å². The third-order valence-corrected chi connectivity index (χ3v) is 5.20. The maximum absolute atomic E-state index is 12.6. The van der Waals surface area contributed by atoms with Crippen molar-refractivity contribution < 1.29 is 17.6 Å². The summed E-state index contributed by atoms with van der Waals surface area (Å²) in [6.45, 7) is 1.75. The number of anilines is 1. The van der Waals surface area contributed by atoms with Crippen molar-refractivity contribution >= 4 is 38.4 Å². The van der Waals surface area contributed by atoms with Gasteiger partial charge in [-0.05, 0) is 30.7 Å². The Kier molecular flexibility index (Phi) is 4.02. The maximum atomic E-state index is 12.6. The molecule has 24 heavy (non-hydrogen) atoms. The highest BCUT2D eigenvalue weighted by Gasteiger charge is 2.19. The minimum absolute atomic E-state index is 0.0487. The number of nitrogens with one attached hydrogen (secondary N) is 2. The number of fused-ring (bicyclic) bond motifs is 1. The molecule has 2 N–H and O–H groups in total. The molecule has 0 saturated heterocycles. The van der Waals surface area contributed by atoms with Crippen LogP contribution in [0.2, 0.25) is 5.02 Å². The lowest BCUT2D eigenvalue weighted by atomic mass is 10.2. The number of aryl methyl sites for hydroxylation is 1. The van der Waals surface area contributed by atoms with Crippen LogP contribution in [-0.2, 0) is 10.0 Å². The zero-order valence-corrected chi connectivity index (χ0v) is 14.3. The maximum Gasteiger partial charge on any atom is 0.417 e. The molecule has 0 radical (unpaired) electrons. The quantitative estimate of drug-likeness (QED) is 0.737. The largest absolute Gasteiger partial charge is 0.495 e. The molecular formula is C15H13ClN2O5S. The highest BCUT2D eigenvalue weighted by Crippen LogP contribution is 2.32. The van der Waals surface area contributed by atoms with Gasteiger partial charge in [0, 0.05) is 17.2 Å². The van der Waals surface area contributed by atoms with Gasteiger partial charge in [0.1, 0.15) is 5.75 Å². The SMILES string of the molecule is COc1cc(Cl)c(C)cc1NS(=O)(=O)c1ccc2[nH]c(=O)oc2c1. The smallest absolute Gasteiger partial charge is 0.417 e. The Morgan fingerprint density at radius 3 is 2.71 bits per heavy atom. The molecule has 0 atom stereocenters. The number of oxazole rings is 1. The molecule has 9 heteroatoms. The summed E-state index contributed by atoms with van der Waals surface area (Å²) in [7, 11) is -2.49. The van der Waals surface area contributed by atoms with Crippen LogP contribution in [0.1, 0.15) is 5.56 Å². The van der Waals surface area contributed by atoms with Gasteiger partial charge in [0.2, 0.25) is 0 Å². The van der Waals surface area contributed by atoms with Gasteiger partial charge in [0.15, 0.2) is 5.58 Å². The van der Waals surface area contributed by atoms with E-state index in [2.05, 4.69) is 9.71 Å². The summed E-state index contributed by atoms with van der Waals surface area (Å²) in [5, 5.41) is 0.463. The van der Waals surface area contributed by atoms with E-state index in [0.717, 1.165) is 0 Å². The molecule has 0 aliphatic rings. The normalized spacial score (nSPS) is 11.6. The number of hydrogen-bond donors (Lipinski definition) is 2. The Morgan fingerprint density at radius 2 is 2.00 bits per heavy atom. The first-order chi connectivity index (χ1) is 11.3. The first-order valence-electron chi connectivity index (χ1n) is 6.80. The standard InChI is InChI=1S/C15H13ClN2O5S/c1-8-5-12(13(22-2)7-10(8)16)18-24(20,21)9-3-4-11-14(6-9)23-15(19)17-11/h3-7,18H,1-2H3,(H,17,19). The molecule has 0 amide bonds. The zero-order valence-electron chi connectivity index (χ0n) is 12.7. The second-order valence-electron chi connectivity index (χ2n) is 5.08. The van der Waals surface area contributed by atoms with Gasteiger partial charge < -0.3 is 9.15 Å². The Labute approximate surface area is 142 Å². The second-order valence-corrected chi connectivity index (χ2v) is 7.17. The van der Waals surface area contributed by atoms with Crippen molar-refractivity contribution in [1.82, 2.24) is 4.98 Å². The van der Waals surface area contributed by atoms with Crippen molar-refractivity contribution in [2.75, 3.05) is 11.8 Å². The van der Waals surface area contributed by atoms with E-state index in [1.807, 2.05) is 0 Å². The molecule has 1 heterocycles. The highest BCUT2D eigenvalue weighted by molar-refractivity contribution is 7.92. The van der Waals surface area contributed by atoms with Gasteiger partial charge in [-0.3, -0.25) is 9.71 Å². The second kappa shape index (κ2) is 5.88. The molecule has 0 spiro atoms. The molecule has 0 bridgehead atoms. The number of hydrogen-bond acceptors (Lipinski definition) is 5. The summed E-state index contributed by atoms with van der Waals surface area (Å²) in [6.07, 6.45) is 0. The average molecular weight is 369 g/mol. The van der Waals surface area contributed by atoms with Crippen molar-refractivity contribution in [3.05, 3.63) is 51.5 Å². The molecule has 3 aromatic rings. The monoisotopic (exact) mass is 368 g/mol. The molecule has 3 rings (SSSR count). The molecule has 126 valence electrons. The number of H-pyrrole nitrogens is 1. The fraction of sp³-hybridized carbons (Fsp3) is 0.133. The van der Waals surface area contributed by atoms with Crippen molar-refractivity contribution in [2.45, 2.75) is 11.8 Å². The number of ether oxygens (including phenoxy) is 1. The van der Waals surface area contributed by atoms with Crippen molar-refractivity contribution in [3.63, 3.8) is 0 Å². The van der Waals surface area contributed by atoms with E-state index in [1.54, 1.807) is 13.0 Å². The van der Waals surface area contributed by atoms with Gasteiger partial charge >= 0.3 is 5.76 Å². The topological polar surface area (TPSA) is 101 Å². The molecule has 2 aromatic carbocycles. The third kappa shape index (κ3) is 2.98. The summed E-state index contributed by atoms with van der Waals surface area (Å²) in [5.74, 6) is -0.356. The van der Waals surface area contributed by atoms with Crippen LogP contribution < -0.4 is 15.2 Å². The Hall–Kier alpha value is -2.45. The van der Waals surface area contributed by atoms with Crippen molar-refractivity contribution in [1.29, 1.82) is 0 Å². The van der Waals surface area contributed by atoms with Gasteiger partial charge in [-0.25, -0.2) is 13.2 Å². The molecular weight excluding hydrogens is 356 g/mol. The summed E-state index contributed by atoms with van der Waals surface area (Å²) in [4.78, 5) is 13.6. The van der Waals surface area contributed by atoms with E-state index in [-0.39, 0.29) is 16.2 Å². The fourth-order valence-electron chi connectivity index (χ4n) is 2.21. The van der Waals surface area contributed by atoms with Gasteiger partial charge in [-0.15, -0.1) is 0 Å². The van der Waals surface area contributed by atoms with E-state index < -0.39 is 15.8 Å². The minimum Gasteiger partial charge on any atom is -0.495 e. The van der Waals surface area contributed by atoms with Crippen molar-refractivity contribution in [2.24, 2.45) is 0 Å². The van der Waals surface area contributed by atoms with Crippen LogP contribution >= 0.6 is 11.6 Å². The molecule has 0 fully saturated rings. The minimum atomic E-state index is -3.91. The Bertz CT molecular complexity index is 1080. The summed E-state index contributed by atoms with van der Waals surface area (Å²) in [5.41, 5.74) is 1.53.